The molecule has 174 valence electrons. The molecule has 0 radical (unpaired) electrons. The first-order valence-corrected chi connectivity index (χ1v) is 11.1. The number of amides is 3. The van der Waals surface area contributed by atoms with Gasteiger partial charge < -0.3 is 4.42 Å². The fraction of sp³-hybridized carbons (Fsp3) is 0.200. The Bertz CT molecular complexity index is 1310. The van der Waals surface area contributed by atoms with E-state index >= 15 is 0 Å². The zero-order valence-electron chi connectivity index (χ0n) is 18.7. The van der Waals surface area contributed by atoms with Crippen molar-refractivity contribution in [3.63, 3.8) is 0 Å². The van der Waals surface area contributed by atoms with E-state index in [4.69, 9.17) is 16.0 Å². The molecule has 8 nitrogen and oxygen atoms in total. The van der Waals surface area contributed by atoms with Gasteiger partial charge in [0.25, 0.3) is 11.8 Å². The van der Waals surface area contributed by atoms with Crippen LogP contribution in [0.4, 0.5) is 0 Å². The highest BCUT2D eigenvalue weighted by molar-refractivity contribution is 6.33. The van der Waals surface area contributed by atoms with Gasteiger partial charge in [-0.3, -0.25) is 25.2 Å². The number of fused-ring (bicyclic) bond motifs is 1. The Morgan fingerprint density at radius 3 is 2.47 bits per heavy atom. The number of carbonyl (C=O) groups is 3. The molecule has 0 atom stereocenters. The van der Waals surface area contributed by atoms with E-state index in [1.54, 1.807) is 43.3 Å². The number of hydrogen-bond donors (Lipinski definition) is 3. The van der Waals surface area contributed by atoms with Crippen LogP contribution in [0.25, 0.3) is 0 Å². The van der Waals surface area contributed by atoms with Gasteiger partial charge in [-0.1, -0.05) is 41.4 Å². The molecule has 0 unspecified atom stereocenters. The fourth-order valence-corrected chi connectivity index (χ4v) is 4.07. The van der Waals surface area contributed by atoms with Crippen LogP contribution in [0.2, 0.25) is 5.02 Å². The number of hydrazine groups is 1. The van der Waals surface area contributed by atoms with Crippen LogP contribution < -0.4 is 16.3 Å². The Morgan fingerprint density at radius 1 is 0.941 bits per heavy atom. The van der Waals surface area contributed by atoms with E-state index in [1.807, 2.05) is 19.1 Å². The van der Waals surface area contributed by atoms with Crippen LogP contribution in [0.1, 0.15) is 66.6 Å². The van der Waals surface area contributed by atoms with Crippen LogP contribution in [-0.4, -0.2) is 23.4 Å². The minimum Gasteiger partial charge on any atom is -0.455 e. The molecule has 1 aliphatic carbocycles. The van der Waals surface area contributed by atoms with E-state index in [2.05, 4.69) is 21.4 Å². The molecule has 9 heteroatoms. The lowest BCUT2D eigenvalue weighted by Gasteiger charge is -2.13. The molecule has 1 aliphatic rings. The average Bonchev–Trinajstić information content (AvgIpc) is 3.18. The zero-order valence-corrected chi connectivity index (χ0v) is 19.5. The third-order valence-corrected chi connectivity index (χ3v) is 5.84. The third kappa shape index (κ3) is 4.87. The third-order valence-electron chi connectivity index (χ3n) is 5.51. The average molecular weight is 479 g/mol. The summed E-state index contributed by atoms with van der Waals surface area (Å²) >= 11 is 6.02. The molecule has 3 amide bonds. The second-order valence-electron chi connectivity index (χ2n) is 7.96. The first kappa shape index (κ1) is 23.3. The van der Waals surface area contributed by atoms with Crippen molar-refractivity contribution in [1.82, 2.24) is 16.3 Å². The number of benzene rings is 2. The summed E-state index contributed by atoms with van der Waals surface area (Å²) in [6.07, 6.45) is 2.04. The summed E-state index contributed by atoms with van der Waals surface area (Å²) in [6, 6.07) is 13.7. The second kappa shape index (κ2) is 9.93. The van der Waals surface area contributed by atoms with Gasteiger partial charge >= 0.3 is 5.91 Å². The lowest BCUT2D eigenvalue weighted by Crippen LogP contribution is -2.41. The SMILES string of the molecule is Cc1cccc(C(=O)N/N=C2\CCCc3oc(C(=O)NNC(=O)c4ccccc4Cl)c(C)c32)c1. The van der Waals surface area contributed by atoms with E-state index in [9.17, 15) is 14.4 Å². The summed E-state index contributed by atoms with van der Waals surface area (Å²) in [6.45, 7) is 3.66. The van der Waals surface area contributed by atoms with Crippen molar-refractivity contribution in [3.05, 3.63) is 92.9 Å². The number of rotatable bonds is 4. The van der Waals surface area contributed by atoms with Crippen molar-refractivity contribution in [2.45, 2.75) is 33.1 Å². The summed E-state index contributed by atoms with van der Waals surface area (Å²) < 4.78 is 5.81. The Hall–Kier alpha value is -3.91. The Kier molecular flexibility index (Phi) is 6.79. The van der Waals surface area contributed by atoms with Gasteiger partial charge in [0, 0.05) is 23.1 Å². The Labute approximate surface area is 201 Å². The predicted octanol–water partition coefficient (Wildman–Crippen LogP) is 4.10. The molecular weight excluding hydrogens is 456 g/mol. The number of carbonyl (C=O) groups excluding carboxylic acids is 3. The van der Waals surface area contributed by atoms with Gasteiger partial charge in [0.1, 0.15) is 5.76 Å². The van der Waals surface area contributed by atoms with E-state index < -0.39 is 11.8 Å². The first-order valence-electron chi connectivity index (χ1n) is 10.8. The Balaban J connectivity index is 1.49. The maximum Gasteiger partial charge on any atom is 0.305 e. The highest BCUT2D eigenvalue weighted by Gasteiger charge is 2.28. The standard InChI is InChI=1S/C25H23ClN4O4/c1-14-7-5-8-16(13-14)23(31)28-27-19-11-6-12-20-21(19)15(2)22(34-20)25(33)30-29-24(32)17-9-3-4-10-18(17)26/h3-5,7-10,13H,6,11-12H2,1-2H3,(H,28,31)(H,29,32)(H,30,33)/b27-19+. The fourth-order valence-electron chi connectivity index (χ4n) is 3.85. The summed E-state index contributed by atoms with van der Waals surface area (Å²) in [5, 5.41) is 4.60. The van der Waals surface area contributed by atoms with Crippen LogP contribution in [0.3, 0.4) is 0 Å². The topological polar surface area (TPSA) is 113 Å². The largest absolute Gasteiger partial charge is 0.455 e. The van der Waals surface area contributed by atoms with Gasteiger partial charge in [0.15, 0.2) is 5.76 Å². The molecule has 0 bridgehead atoms. The summed E-state index contributed by atoms with van der Waals surface area (Å²) in [5.41, 5.74) is 11.0. The van der Waals surface area contributed by atoms with Crippen molar-refractivity contribution >= 4 is 35.0 Å². The maximum atomic E-state index is 12.7. The quantitative estimate of drug-likeness (QED) is 0.490. The molecule has 0 saturated carbocycles. The minimum absolute atomic E-state index is 0.0732. The van der Waals surface area contributed by atoms with Gasteiger partial charge in [0.2, 0.25) is 0 Å². The van der Waals surface area contributed by atoms with Crippen LogP contribution in [0, 0.1) is 13.8 Å². The molecule has 0 spiro atoms. The second-order valence-corrected chi connectivity index (χ2v) is 8.37. The van der Waals surface area contributed by atoms with Gasteiger partial charge in [-0.05, 0) is 51.0 Å². The van der Waals surface area contributed by atoms with Gasteiger partial charge in [-0.25, -0.2) is 5.43 Å². The molecule has 0 saturated heterocycles. The lowest BCUT2D eigenvalue weighted by molar-refractivity contribution is 0.0829. The van der Waals surface area contributed by atoms with E-state index in [-0.39, 0.29) is 22.3 Å². The van der Waals surface area contributed by atoms with E-state index in [1.165, 1.54) is 0 Å². The van der Waals surface area contributed by atoms with Crippen molar-refractivity contribution in [2.75, 3.05) is 0 Å². The van der Waals surface area contributed by atoms with Crippen molar-refractivity contribution in [3.8, 4) is 0 Å². The van der Waals surface area contributed by atoms with Crippen molar-refractivity contribution in [1.29, 1.82) is 0 Å². The van der Waals surface area contributed by atoms with E-state index in [0.717, 1.165) is 12.0 Å². The highest BCUT2D eigenvalue weighted by atomic mass is 35.5. The monoisotopic (exact) mass is 478 g/mol. The van der Waals surface area contributed by atoms with Crippen LogP contribution in [0.15, 0.2) is 58.0 Å². The normalized spacial score (nSPS) is 13.8. The summed E-state index contributed by atoms with van der Waals surface area (Å²) in [4.78, 5) is 37.5. The Morgan fingerprint density at radius 2 is 1.71 bits per heavy atom. The number of nitrogens with one attached hydrogen (secondary N) is 3. The number of nitrogens with zero attached hydrogens (tertiary/aromatic N) is 1. The maximum absolute atomic E-state index is 12.7. The lowest BCUT2D eigenvalue weighted by atomic mass is 9.93. The number of furan rings is 1. The van der Waals surface area contributed by atoms with E-state index in [0.29, 0.717) is 41.0 Å². The van der Waals surface area contributed by atoms with Crippen molar-refractivity contribution in [2.24, 2.45) is 5.10 Å². The molecule has 34 heavy (non-hydrogen) atoms. The van der Waals surface area contributed by atoms with Crippen LogP contribution in [-0.2, 0) is 6.42 Å². The number of aryl methyl sites for hydroxylation is 2. The van der Waals surface area contributed by atoms with Gasteiger partial charge in [-0.2, -0.15) is 5.10 Å². The predicted molar refractivity (Wildman–Crippen MR) is 128 cm³/mol. The molecule has 4 rings (SSSR count). The molecule has 2 aromatic carbocycles. The molecule has 1 heterocycles. The number of hydrazone groups is 1. The summed E-state index contributed by atoms with van der Waals surface area (Å²) in [7, 11) is 0. The molecular formula is C25H23ClN4O4. The smallest absolute Gasteiger partial charge is 0.305 e. The van der Waals surface area contributed by atoms with Gasteiger partial charge in [-0.15, -0.1) is 0 Å². The number of hydrogen-bond acceptors (Lipinski definition) is 5. The molecule has 3 N–H and O–H groups in total. The minimum atomic E-state index is -0.601. The molecule has 1 aromatic heterocycles. The van der Waals surface area contributed by atoms with Crippen LogP contribution >= 0.6 is 11.6 Å². The van der Waals surface area contributed by atoms with Gasteiger partial charge in [0.05, 0.1) is 16.3 Å². The van der Waals surface area contributed by atoms with Crippen LogP contribution in [0.5, 0.6) is 0 Å². The zero-order chi connectivity index (χ0) is 24.2. The number of halogens is 1. The van der Waals surface area contributed by atoms with Crippen molar-refractivity contribution < 1.29 is 18.8 Å². The molecule has 0 fully saturated rings. The molecule has 3 aromatic rings. The first-order chi connectivity index (χ1) is 16.3. The summed E-state index contributed by atoms with van der Waals surface area (Å²) in [5.74, 6) is -0.770. The highest BCUT2D eigenvalue weighted by Crippen LogP contribution is 2.29. The molecule has 0 aliphatic heterocycles.